The minimum absolute atomic E-state index is 0.0118. The molecule has 2 heterocycles. The summed E-state index contributed by atoms with van der Waals surface area (Å²) in [5.41, 5.74) is 0. The SMILES string of the molecule is CCC1SCC(C(=O)O)N1C(=O)NC1CCS(=O)CC1. The van der Waals surface area contributed by atoms with Crippen LogP contribution in [0.25, 0.3) is 0 Å². The molecule has 0 saturated carbocycles. The van der Waals surface area contributed by atoms with E-state index >= 15 is 0 Å². The maximum atomic E-state index is 12.3. The van der Waals surface area contributed by atoms with Crippen LogP contribution in [0.4, 0.5) is 4.79 Å². The smallest absolute Gasteiger partial charge is 0.327 e. The van der Waals surface area contributed by atoms with Crippen molar-refractivity contribution in [3.8, 4) is 0 Å². The third kappa shape index (κ3) is 3.46. The number of carboxylic acids is 1. The molecular formula is C12H20N2O4S2. The van der Waals surface area contributed by atoms with Gasteiger partial charge in [-0.05, 0) is 19.3 Å². The number of carbonyl (C=O) groups is 2. The van der Waals surface area contributed by atoms with Crippen LogP contribution in [0.15, 0.2) is 0 Å². The summed E-state index contributed by atoms with van der Waals surface area (Å²) < 4.78 is 11.3. The van der Waals surface area contributed by atoms with Crippen molar-refractivity contribution in [1.82, 2.24) is 10.2 Å². The molecule has 2 saturated heterocycles. The normalized spacial score (nSPS) is 34.0. The lowest BCUT2D eigenvalue weighted by molar-refractivity contribution is -0.141. The van der Waals surface area contributed by atoms with Gasteiger partial charge in [-0.1, -0.05) is 6.92 Å². The number of hydrogen-bond acceptors (Lipinski definition) is 4. The van der Waals surface area contributed by atoms with Gasteiger partial charge in [0.15, 0.2) is 0 Å². The molecular weight excluding hydrogens is 300 g/mol. The Balaban J connectivity index is 1.98. The first-order chi connectivity index (χ1) is 9.52. The molecule has 0 aromatic rings. The van der Waals surface area contributed by atoms with Gasteiger partial charge in [-0.25, -0.2) is 9.59 Å². The molecule has 0 aliphatic carbocycles. The molecule has 2 amide bonds. The monoisotopic (exact) mass is 320 g/mol. The van der Waals surface area contributed by atoms with Crippen LogP contribution in [0.5, 0.6) is 0 Å². The average Bonchev–Trinajstić information content (AvgIpc) is 2.85. The lowest BCUT2D eigenvalue weighted by atomic mass is 10.1. The second kappa shape index (κ2) is 6.80. The number of thioether (sulfide) groups is 1. The number of carboxylic acid groups (broad SMARTS) is 1. The van der Waals surface area contributed by atoms with E-state index in [4.69, 9.17) is 0 Å². The molecule has 2 aliphatic rings. The van der Waals surface area contributed by atoms with Crippen molar-refractivity contribution >= 4 is 34.6 Å². The number of hydrogen-bond donors (Lipinski definition) is 2. The number of nitrogens with one attached hydrogen (secondary N) is 1. The summed E-state index contributed by atoms with van der Waals surface area (Å²) in [6.07, 6.45) is 2.14. The van der Waals surface area contributed by atoms with Crippen LogP contribution < -0.4 is 5.32 Å². The Morgan fingerprint density at radius 3 is 2.60 bits per heavy atom. The standard InChI is InChI=1S/C12H20N2O4S2/c1-2-10-14(9(7-19-10)11(15)16)12(17)13-8-3-5-20(18)6-4-8/h8-10H,2-7H2,1H3,(H,13,17)(H,15,16). The van der Waals surface area contributed by atoms with E-state index in [0.717, 1.165) is 6.42 Å². The van der Waals surface area contributed by atoms with Crippen molar-refractivity contribution in [3.63, 3.8) is 0 Å². The average molecular weight is 320 g/mol. The second-order valence-electron chi connectivity index (χ2n) is 5.03. The second-order valence-corrected chi connectivity index (χ2v) is 7.94. The Labute approximate surface area is 125 Å². The van der Waals surface area contributed by atoms with E-state index in [1.54, 1.807) is 0 Å². The van der Waals surface area contributed by atoms with Gasteiger partial charge in [-0.3, -0.25) is 9.11 Å². The van der Waals surface area contributed by atoms with Crippen LogP contribution in [-0.4, -0.2) is 60.9 Å². The Hall–Kier alpha value is -0.760. The first-order valence-corrected chi connectivity index (χ1v) is 9.34. The van der Waals surface area contributed by atoms with E-state index in [1.807, 2.05) is 6.92 Å². The first kappa shape index (κ1) is 15.6. The molecule has 0 radical (unpaired) electrons. The Bertz CT molecular complexity index is 408. The van der Waals surface area contributed by atoms with Crippen molar-refractivity contribution in [2.45, 2.75) is 43.6 Å². The molecule has 2 atom stereocenters. The fourth-order valence-electron chi connectivity index (χ4n) is 2.53. The zero-order chi connectivity index (χ0) is 14.7. The van der Waals surface area contributed by atoms with E-state index in [0.29, 0.717) is 30.1 Å². The van der Waals surface area contributed by atoms with Crippen LogP contribution in [0.1, 0.15) is 26.2 Å². The zero-order valence-electron chi connectivity index (χ0n) is 11.4. The Kier molecular flexibility index (Phi) is 5.31. The van der Waals surface area contributed by atoms with Crippen LogP contribution in [0, 0.1) is 0 Å². The highest BCUT2D eigenvalue weighted by molar-refractivity contribution is 8.00. The Morgan fingerprint density at radius 1 is 1.40 bits per heavy atom. The summed E-state index contributed by atoms with van der Waals surface area (Å²) in [7, 11) is -0.764. The molecule has 2 rings (SSSR count). The number of carbonyl (C=O) groups excluding carboxylic acids is 1. The molecule has 2 aliphatic heterocycles. The Morgan fingerprint density at radius 2 is 2.05 bits per heavy atom. The van der Waals surface area contributed by atoms with Gasteiger partial charge in [0.25, 0.3) is 0 Å². The van der Waals surface area contributed by atoms with Gasteiger partial charge in [0.05, 0.1) is 5.37 Å². The summed E-state index contributed by atoms with van der Waals surface area (Å²) in [5.74, 6) is 0.711. The quantitative estimate of drug-likeness (QED) is 0.805. The van der Waals surface area contributed by atoms with Gasteiger partial charge in [0.1, 0.15) is 6.04 Å². The summed E-state index contributed by atoms with van der Waals surface area (Å²) in [4.78, 5) is 25.0. The van der Waals surface area contributed by atoms with Gasteiger partial charge < -0.3 is 10.4 Å². The number of urea groups is 1. The molecule has 8 heteroatoms. The summed E-state index contributed by atoms with van der Waals surface area (Å²) in [6.45, 7) is 1.95. The molecule has 114 valence electrons. The van der Waals surface area contributed by atoms with Gasteiger partial charge in [0, 0.05) is 34.1 Å². The molecule has 6 nitrogen and oxygen atoms in total. The maximum absolute atomic E-state index is 12.3. The summed E-state index contributed by atoms with van der Waals surface area (Å²) in [6, 6.07) is -1.03. The summed E-state index contributed by atoms with van der Waals surface area (Å²) in [5, 5.41) is 12.0. The molecule has 0 aromatic carbocycles. The van der Waals surface area contributed by atoms with E-state index < -0.39 is 22.8 Å². The molecule has 0 aromatic heterocycles. The van der Waals surface area contributed by atoms with Gasteiger partial charge in [-0.2, -0.15) is 0 Å². The third-order valence-electron chi connectivity index (χ3n) is 3.68. The van der Waals surface area contributed by atoms with E-state index in [2.05, 4.69) is 5.32 Å². The van der Waals surface area contributed by atoms with Gasteiger partial charge >= 0.3 is 12.0 Å². The molecule has 0 bridgehead atoms. The van der Waals surface area contributed by atoms with Crippen LogP contribution >= 0.6 is 11.8 Å². The van der Waals surface area contributed by atoms with Crippen molar-refractivity contribution in [2.75, 3.05) is 17.3 Å². The van der Waals surface area contributed by atoms with Crippen LogP contribution in [-0.2, 0) is 15.6 Å². The highest BCUT2D eigenvalue weighted by Crippen LogP contribution is 2.31. The largest absolute Gasteiger partial charge is 0.480 e. The maximum Gasteiger partial charge on any atom is 0.327 e. The van der Waals surface area contributed by atoms with Gasteiger partial charge in [-0.15, -0.1) is 11.8 Å². The van der Waals surface area contributed by atoms with Crippen LogP contribution in [0.3, 0.4) is 0 Å². The fraction of sp³-hybridized carbons (Fsp3) is 0.833. The molecule has 2 fully saturated rings. The predicted molar refractivity (Wildman–Crippen MR) is 79.2 cm³/mol. The van der Waals surface area contributed by atoms with Crippen LogP contribution in [0.2, 0.25) is 0 Å². The van der Waals surface area contributed by atoms with Gasteiger partial charge in [0.2, 0.25) is 0 Å². The number of aliphatic carboxylic acids is 1. The lowest BCUT2D eigenvalue weighted by Gasteiger charge is -2.30. The van der Waals surface area contributed by atoms with Crippen molar-refractivity contribution in [2.24, 2.45) is 0 Å². The summed E-state index contributed by atoms with van der Waals surface area (Å²) >= 11 is 1.51. The predicted octanol–water partition coefficient (Wildman–Crippen LogP) is 0.845. The first-order valence-electron chi connectivity index (χ1n) is 6.81. The molecule has 2 unspecified atom stereocenters. The molecule has 2 N–H and O–H groups in total. The highest BCUT2D eigenvalue weighted by atomic mass is 32.2. The minimum atomic E-state index is -0.951. The van der Waals surface area contributed by atoms with Crippen molar-refractivity contribution in [3.05, 3.63) is 0 Å². The van der Waals surface area contributed by atoms with Crippen molar-refractivity contribution < 1.29 is 18.9 Å². The number of amides is 2. The number of rotatable bonds is 3. The topological polar surface area (TPSA) is 86.7 Å². The molecule has 20 heavy (non-hydrogen) atoms. The van der Waals surface area contributed by atoms with E-state index in [1.165, 1.54) is 16.7 Å². The van der Waals surface area contributed by atoms with E-state index in [-0.39, 0.29) is 17.4 Å². The third-order valence-corrected chi connectivity index (χ3v) is 6.51. The van der Waals surface area contributed by atoms with Crippen molar-refractivity contribution in [1.29, 1.82) is 0 Å². The molecule has 0 spiro atoms. The highest BCUT2D eigenvalue weighted by Gasteiger charge is 2.41. The minimum Gasteiger partial charge on any atom is -0.480 e. The van der Waals surface area contributed by atoms with E-state index in [9.17, 15) is 18.9 Å². The fourth-order valence-corrected chi connectivity index (χ4v) is 5.17. The zero-order valence-corrected chi connectivity index (χ0v) is 13.0. The lowest BCUT2D eigenvalue weighted by Crippen LogP contribution is -2.53. The number of nitrogens with zero attached hydrogens (tertiary/aromatic N) is 1.